The zero-order valence-corrected chi connectivity index (χ0v) is 35.3. The van der Waals surface area contributed by atoms with E-state index in [0.717, 1.165) is 51.4 Å². The Morgan fingerprint density at radius 1 is 0.772 bits per heavy atom. The number of phosphoric ester groups is 1. The summed E-state index contributed by atoms with van der Waals surface area (Å²) in [6, 6.07) is 0. The maximum atomic E-state index is 12.6. The minimum Gasteiger partial charge on any atom is -0.462 e. The van der Waals surface area contributed by atoms with E-state index >= 15 is 0 Å². The van der Waals surface area contributed by atoms with Gasteiger partial charge in [-0.1, -0.05) is 113 Å². The van der Waals surface area contributed by atoms with E-state index in [1.807, 2.05) is 24.3 Å². The average molecular weight is 823 g/mol. The van der Waals surface area contributed by atoms with Crippen molar-refractivity contribution >= 4 is 25.5 Å². The molecule has 1 aliphatic rings. The summed E-state index contributed by atoms with van der Waals surface area (Å²) >= 11 is 0. The van der Waals surface area contributed by atoms with Crippen LogP contribution in [-0.2, 0) is 37.5 Å². The van der Waals surface area contributed by atoms with Gasteiger partial charge in [0, 0.05) is 18.8 Å². The molecule has 57 heavy (non-hydrogen) atoms. The molecular formula is C44H71O12P. The van der Waals surface area contributed by atoms with Crippen molar-refractivity contribution in [2.75, 3.05) is 26.4 Å². The van der Waals surface area contributed by atoms with E-state index in [1.165, 1.54) is 19.3 Å². The molecule has 4 N–H and O–H groups in total. The third-order valence-corrected chi connectivity index (χ3v) is 10.0. The quantitative estimate of drug-likeness (QED) is 0.0207. The highest BCUT2D eigenvalue weighted by molar-refractivity contribution is 7.47. The van der Waals surface area contributed by atoms with Gasteiger partial charge in [-0.25, -0.2) is 4.57 Å². The Balaban J connectivity index is 2.49. The van der Waals surface area contributed by atoms with Crippen LogP contribution in [0, 0.1) is 11.8 Å². The fourth-order valence-corrected chi connectivity index (χ4v) is 6.48. The minimum atomic E-state index is -4.68. The first kappa shape index (κ1) is 52.1. The number of ether oxygens (including phenoxy) is 2. The first-order chi connectivity index (χ1) is 27.5. The molecule has 0 aromatic heterocycles. The summed E-state index contributed by atoms with van der Waals surface area (Å²) in [5, 5.41) is 28.5. The van der Waals surface area contributed by atoms with Gasteiger partial charge in [-0.15, -0.1) is 0 Å². The number of esters is 2. The van der Waals surface area contributed by atoms with Crippen molar-refractivity contribution in [1.82, 2.24) is 0 Å². The lowest BCUT2D eigenvalue weighted by molar-refractivity contribution is -0.161. The van der Waals surface area contributed by atoms with Gasteiger partial charge in [0.05, 0.1) is 25.9 Å². The maximum absolute atomic E-state index is 12.6. The third-order valence-electron chi connectivity index (χ3n) is 9.08. The van der Waals surface area contributed by atoms with E-state index in [4.69, 9.17) is 19.1 Å². The molecule has 0 bridgehead atoms. The molecule has 13 heteroatoms. The molecule has 0 amide bonds. The predicted octanol–water partition coefficient (Wildman–Crippen LogP) is 8.50. The lowest BCUT2D eigenvalue weighted by Crippen LogP contribution is -2.29. The molecular weight excluding hydrogens is 751 g/mol. The van der Waals surface area contributed by atoms with E-state index in [9.17, 15) is 34.1 Å². The smallest absolute Gasteiger partial charge is 0.462 e. The van der Waals surface area contributed by atoms with Gasteiger partial charge in [-0.3, -0.25) is 23.4 Å². The number of ketones is 1. The van der Waals surface area contributed by atoms with Gasteiger partial charge in [-0.2, -0.15) is 0 Å². The maximum Gasteiger partial charge on any atom is 0.472 e. The van der Waals surface area contributed by atoms with Crippen LogP contribution in [0.2, 0.25) is 0 Å². The lowest BCUT2D eigenvalue weighted by Gasteiger charge is -2.20. The molecule has 0 saturated heterocycles. The van der Waals surface area contributed by atoms with Gasteiger partial charge >= 0.3 is 19.8 Å². The van der Waals surface area contributed by atoms with Crippen LogP contribution in [0.25, 0.3) is 0 Å². The molecule has 0 aromatic carbocycles. The lowest BCUT2D eigenvalue weighted by atomic mass is 9.90. The molecule has 12 nitrogen and oxygen atoms in total. The minimum absolute atomic E-state index is 0.00551. The van der Waals surface area contributed by atoms with Crippen molar-refractivity contribution in [3.05, 3.63) is 72.9 Å². The molecule has 0 aromatic rings. The highest BCUT2D eigenvalue weighted by Crippen LogP contribution is 2.43. The van der Waals surface area contributed by atoms with E-state index in [-0.39, 0.29) is 30.5 Å². The summed E-state index contributed by atoms with van der Waals surface area (Å²) < 4.78 is 32.6. The number of hydrogen-bond acceptors (Lipinski definition) is 11. The largest absolute Gasteiger partial charge is 0.472 e. The van der Waals surface area contributed by atoms with Crippen LogP contribution in [0.15, 0.2) is 72.9 Å². The number of rotatable bonds is 35. The number of unbranched alkanes of at least 4 members (excludes halogenated alkanes) is 8. The average Bonchev–Trinajstić information content (AvgIpc) is 3.55. The second-order valence-electron chi connectivity index (χ2n) is 14.3. The normalized spacial score (nSPS) is 18.7. The van der Waals surface area contributed by atoms with Crippen molar-refractivity contribution in [1.29, 1.82) is 0 Å². The Hall–Kier alpha value is -2.96. The highest BCUT2D eigenvalue weighted by atomic mass is 31.2. The Bertz CT molecular complexity index is 1320. The fraction of sp³-hybridized carbons (Fsp3) is 0.659. The van der Waals surface area contributed by atoms with Gasteiger partial charge in [0.2, 0.25) is 0 Å². The van der Waals surface area contributed by atoms with Crippen LogP contribution < -0.4 is 0 Å². The zero-order chi connectivity index (χ0) is 42.0. The molecule has 0 spiro atoms. The molecule has 0 heterocycles. The van der Waals surface area contributed by atoms with Crippen LogP contribution in [0.1, 0.15) is 129 Å². The van der Waals surface area contributed by atoms with E-state index in [0.29, 0.717) is 32.1 Å². The van der Waals surface area contributed by atoms with E-state index in [1.54, 1.807) is 12.2 Å². The molecule has 1 unspecified atom stereocenters. The number of allylic oxidation sites excluding steroid dienone is 11. The van der Waals surface area contributed by atoms with Gasteiger partial charge in [-0.05, 0) is 82.6 Å². The molecule has 6 atom stereocenters. The molecule has 1 rings (SSSR count). The number of carbonyl (C=O) groups excluding carboxylic acids is 3. The summed E-state index contributed by atoms with van der Waals surface area (Å²) in [7, 11) is -4.68. The van der Waals surface area contributed by atoms with E-state index in [2.05, 4.69) is 54.8 Å². The van der Waals surface area contributed by atoms with Crippen LogP contribution in [0.3, 0.4) is 0 Å². The third kappa shape index (κ3) is 29.0. The summed E-state index contributed by atoms with van der Waals surface area (Å²) in [6.45, 7) is 1.95. The number of carbonyl (C=O) groups is 3. The van der Waals surface area contributed by atoms with Crippen LogP contribution in [-0.4, -0.2) is 82.7 Å². The molecule has 0 fully saturated rings. The topological polar surface area (TPSA) is 186 Å². The van der Waals surface area contributed by atoms with Gasteiger partial charge in [0.15, 0.2) is 11.9 Å². The Morgan fingerprint density at radius 3 is 2.05 bits per heavy atom. The molecule has 0 aliphatic heterocycles. The number of aliphatic hydroxyl groups is 3. The second-order valence-corrected chi connectivity index (χ2v) is 15.8. The first-order valence-corrected chi connectivity index (χ1v) is 22.4. The van der Waals surface area contributed by atoms with Gasteiger partial charge < -0.3 is 29.7 Å². The molecule has 324 valence electrons. The van der Waals surface area contributed by atoms with Crippen molar-refractivity contribution in [2.45, 2.75) is 148 Å². The van der Waals surface area contributed by atoms with Crippen molar-refractivity contribution < 1.29 is 57.7 Å². The Morgan fingerprint density at radius 2 is 1.37 bits per heavy atom. The number of hydrogen-bond donors (Lipinski definition) is 4. The summed E-state index contributed by atoms with van der Waals surface area (Å²) in [6.07, 6.45) is 35.0. The standard InChI is InChI=1S/C44H71O12P/c1-3-5-7-8-9-10-11-12-13-14-15-16-17-18-24-28-44(50)56-40(36-55-57(51,52)54-34-39(47)33-45)35-53-43(49)27-23-20-19-22-25-37-29-32-42(48)41(37)31-30-38(46)26-21-6-4-2/h9-10,12-13,15-16,19,22,29-32,37-41,45-47H,3-8,11,14,17-18,20-21,23-28,33-36H2,1-2H3,(H,51,52)/b10-9-,13-12-,16-15-,22-19-,31-30+/t37-,38-,39-,40+,41+/m0/s1. The summed E-state index contributed by atoms with van der Waals surface area (Å²) in [5.74, 6) is -1.40. The van der Waals surface area contributed by atoms with Crippen molar-refractivity contribution in [3.63, 3.8) is 0 Å². The SMILES string of the molecule is CCCCC/C=C\C/C=C\C/C=C\CCCCC(=O)O[C@H](COC(=O)CCC/C=C\C[C@H]1C=CC(=O)[C@@H]1/C=C/[C@@H](O)CCCCC)COP(=O)(O)OC[C@@H](O)CO. The predicted molar refractivity (Wildman–Crippen MR) is 223 cm³/mol. The van der Waals surface area contributed by atoms with Crippen LogP contribution >= 0.6 is 7.82 Å². The van der Waals surface area contributed by atoms with Crippen molar-refractivity contribution in [2.24, 2.45) is 11.8 Å². The highest BCUT2D eigenvalue weighted by Gasteiger charge is 2.28. The van der Waals surface area contributed by atoms with Gasteiger partial charge in [0.1, 0.15) is 12.7 Å². The first-order valence-electron chi connectivity index (χ1n) is 21.0. The van der Waals surface area contributed by atoms with E-state index < -0.39 is 64.5 Å². The zero-order valence-electron chi connectivity index (χ0n) is 34.4. The second kappa shape index (κ2) is 34.0. The summed E-state index contributed by atoms with van der Waals surface area (Å²) in [4.78, 5) is 47.4. The number of phosphoric acid groups is 1. The van der Waals surface area contributed by atoms with Gasteiger partial charge in [0.25, 0.3) is 0 Å². The Kier molecular flexibility index (Phi) is 31.0. The van der Waals surface area contributed by atoms with Crippen molar-refractivity contribution in [3.8, 4) is 0 Å². The molecule has 0 saturated carbocycles. The van der Waals surface area contributed by atoms with Crippen LogP contribution in [0.5, 0.6) is 0 Å². The van der Waals surface area contributed by atoms with Crippen LogP contribution in [0.4, 0.5) is 0 Å². The summed E-state index contributed by atoms with van der Waals surface area (Å²) in [5.41, 5.74) is 0. The fourth-order valence-electron chi connectivity index (χ4n) is 5.69. The monoisotopic (exact) mass is 822 g/mol. The Labute approximate surface area is 341 Å². The number of aliphatic hydroxyl groups excluding tert-OH is 3. The molecule has 1 aliphatic carbocycles. The molecule has 0 radical (unpaired) electrons.